The molecule has 6 rings (SSSR count). The highest BCUT2D eigenvalue weighted by Gasteiger charge is 2.59. The average Bonchev–Trinajstić information content (AvgIpc) is 3.66. The number of halogens is 2. The molecule has 3 aliphatic rings. The van der Waals surface area contributed by atoms with Crippen LogP contribution in [0.2, 0.25) is 10.0 Å². The summed E-state index contributed by atoms with van der Waals surface area (Å²) in [5.74, 6) is -2.73. The van der Waals surface area contributed by atoms with E-state index in [1.54, 1.807) is 12.1 Å². The molecule has 1 saturated carbocycles. The van der Waals surface area contributed by atoms with Crippen LogP contribution in [0.1, 0.15) is 37.5 Å². The lowest BCUT2D eigenvalue weighted by molar-refractivity contribution is -0.123. The molecule has 4 unspecified atom stereocenters. The van der Waals surface area contributed by atoms with Crippen LogP contribution in [0, 0.1) is 23.7 Å². The smallest absolute Gasteiger partial charge is 0.343 e. The molecule has 1 saturated heterocycles. The van der Waals surface area contributed by atoms with Gasteiger partial charge in [-0.1, -0.05) is 41.4 Å². The lowest BCUT2D eigenvalue weighted by Crippen LogP contribution is -2.33. The van der Waals surface area contributed by atoms with Crippen molar-refractivity contribution >= 4 is 58.4 Å². The summed E-state index contributed by atoms with van der Waals surface area (Å²) in [4.78, 5) is 65.1. The molecule has 0 radical (unpaired) electrons. The van der Waals surface area contributed by atoms with Gasteiger partial charge in [0.15, 0.2) is 12.4 Å². The summed E-state index contributed by atoms with van der Waals surface area (Å²) in [6.07, 6.45) is 4.86. The standard InChI is InChI=1S/C31H21Cl2NO7/c32-23-11-8-20(14-24(23)33)31(39)41-22-9-6-16(7-10-22)25(35)15-40-30(38)19-2-1-3-21(13-19)34-28(36)26-17-4-5-18(12-17)27(26)29(34)37/h1-11,13-14,17-18,26-27H,12,15H2. The van der Waals surface area contributed by atoms with Crippen LogP contribution in [0.3, 0.4) is 0 Å². The molecule has 1 heterocycles. The van der Waals surface area contributed by atoms with Crippen molar-refractivity contribution in [2.24, 2.45) is 23.7 Å². The van der Waals surface area contributed by atoms with Crippen LogP contribution in [0.5, 0.6) is 5.75 Å². The maximum Gasteiger partial charge on any atom is 0.343 e. The number of ketones is 1. The number of carbonyl (C=O) groups is 5. The van der Waals surface area contributed by atoms with Gasteiger partial charge in [-0.25, -0.2) is 14.5 Å². The topological polar surface area (TPSA) is 107 Å². The zero-order chi connectivity index (χ0) is 28.8. The number of rotatable bonds is 7. The molecule has 41 heavy (non-hydrogen) atoms. The minimum absolute atomic E-state index is 0.0781. The molecule has 10 heteroatoms. The van der Waals surface area contributed by atoms with E-state index in [1.807, 2.05) is 12.2 Å². The van der Waals surface area contributed by atoms with Gasteiger partial charge in [0.2, 0.25) is 11.8 Å². The summed E-state index contributed by atoms with van der Waals surface area (Å²) in [6.45, 7) is -0.535. The highest BCUT2D eigenvalue weighted by molar-refractivity contribution is 6.42. The van der Waals surface area contributed by atoms with Gasteiger partial charge in [0, 0.05) is 5.56 Å². The number of anilines is 1. The van der Waals surface area contributed by atoms with E-state index in [0.29, 0.717) is 10.7 Å². The van der Waals surface area contributed by atoms with Crippen molar-refractivity contribution < 1.29 is 33.4 Å². The number of allylic oxidation sites excluding steroid dienone is 2. The fourth-order valence-corrected chi connectivity index (χ4v) is 6.02. The van der Waals surface area contributed by atoms with Crippen LogP contribution in [0.25, 0.3) is 0 Å². The first kappa shape index (κ1) is 26.9. The van der Waals surface area contributed by atoms with Crippen molar-refractivity contribution in [2.45, 2.75) is 6.42 Å². The largest absolute Gasteiger partial charge is 0.454 e. The third-order valence-corrected chi connectivity index (χ3v) is 8.43. The molecule has 2 amide bonds. The summed E-state index contributed by atoms with van der Waals surface area (Å²) in [5, 5.41) is 0.524. The van der Waals surface area contributed by atoms with E-state index >= 15 is 0 Å². The molecule has 206 valence electrons. The Morgan fingerprint density at radius 2 is 1.39 bits per heavy atom. The maximum atomic E-state index is 13.1. The Hall–Kier alpha value is -4.27. The fourth-order valence-electron chi connectivity index (χ4n) is 5.72. The van der Waals surface area contributed by atoms with Crippen molar-refractivity contribution in [2.75, 3.05) is 11.5 Å². The van der Waals surface area contributed by atoms with Gasteiger partial charge in [-0.2, -0.15) is 0 Å². The van der Waals surface area contributed by atoms with Crippen LogP contribution < -0.4 is 9.64 Å². The first-order chi connectivity index (χ1) is 19.7. The van der Waals surface area contributed by atoms with Crippen LogP contribution in [0.4, 0.5) is 5.69 Å². The Bertz CT molecular complexity index is 1620. The Morgan fingerprint density at radius 1 is 0.756 bits per heavy atom. The Kier molecular flexibility index (Phi) is 6.97. The normalized spacial score (nSPS) is 22.1. The first-order valence-electron chi connectivity index (χ1n) is 12.8. The number of nitrogens with zero attached hydrogens (tertiary/aromatic N) is 1. The van der Waals surface area contributed by atoms with E-state index in [-0.39, 0.29) is 62.9 Å². The van der Waals surface area contributed by atoms with Gasteiger partial charge in [0.25, 0.3) is 0 Å². The number of amides is 2. The van der Waals surface area contributed by atoms with Gasteiger partial charge in [-0.15, -0.1) is 0 Å². The summed E-state index contributed by atoms with van der Waals surface area (Å²) < 4.78 is 10.5. The van der Waals surface area contributed by atoms with Crippen LogP contribution >= 0.6 is 23.2 Å². The van der Waals surface area contributed by atoms with Crippen molar-refractivity contribution in [1.29, 1.82) is 0 Å². The number of ether oxygens (including phenoxy) is 2. The Balaban J connectivity index is 1.06. The molecule has 2 aliphatic carbocycles. The highest BCUT2D eigenvalue weighted by Crippen LogP contribution is 2.53. The lowest BCUT2D eigenvalue weighted by atomic mass is 9.85. The molecule has 8 nitrogen and oxygen atoms in total. The molecule has 1 aliphatic heterocycles. The molecule has 2 bridgehead atoms. The van der Waals surface area contributed by atoms with Crippen molar-refractivity contribution in [1.82, 2.24) is 0 Å². The van der Waals surface area contributed by atoms with Gasteiger partial charge in [0.1, 0.15) is 5.75 Å². The maximum absolute atomic E-state index is 13.1. The molecule has 3 aromatic rings. The number of Topliss-reactive ketones (excluding diaryl/α,β-unsaturated/α-hetero) is 1. The van der Waals surface area contributed by atoms with E-state index in [1.165, 1.54) is 59.5 Å². The predicted octanol–water partition coefficient (Wildman–Crippen LogP) is 5.56. The minimum atomic E-state index is -0.770. The Morgan fingerprint density at radius 3 is 2.05 bits per heavy atom. The van der Waals surface area contributed by atoms with E-state index in [4.69, 9.17) is 32.7 Å². The second kappa shape index (κ2) is 10.6. The van der Waals surface area contributed by atoms with E-state index < -0.39 is 24.3 Å². The molecule has 0 aromatic heterocycles. The first-order valence-corrected chi connectivity index (χ1v) is 13.6. The van der Waals surface area contributed by atoms with Gasteiger partial charge >= 0.3 is 11.9 Å². The summed E-state index contributed by atoms with van der Waals surface area (Å²) in [6, 6.07) is 16.2. The number of hydrogen-bond acceptors (Lipinski definition) is 7. The van der Waals surface area contributed by atoms with Crippen molar-refractivity contribution in [3.05, 3.63) is 106 Å². The zero-order valence-corrected chi connectivity index (χ0v) is 22.8. The van der Waals surface area contributed by atoms with E-state index in [2.05, 4.69) is 0 Å². The van der Waals surface area contributed by atoms with Gasteiger partial charge in [-0.3, -0.25) is 14.4 Å². The number of esters is 2. The molecule has 2 fully saturated rings. The number of carbonyl (C=O) groups excluding carboxylic acids is 5. The number of imide groups is 1. The van der Waals surface area contributed by atoms with Crippen molar-refractivity contribution in [3.8, 4) is 5.75 Å². The SMILES string of the molecule is O=C(COC(=O)c1cccc(N2C(=O)C3C4C=CC(C4)C3C2=O)c1)c1ccc(OC(=O)c2ccc(Cl)c(Cl)c2)cc1. The monoisotopic (exact) mass is 589 g/mol. The van der Waals surface area contributed by atoms with Crippen LogP contribution in [-0.4, -0.2) is 36.1 Å². The average molecular weight is 590 g/mol. The third-order valence-electron chi connectivity index (χ3n) is 7.69. The summed E-state index contributed by atoms with van der Waals surface area (Å²) >= 11 is 11.8. The van der Waals surface area contributed by atoms with Gasteiger partial charge in [0.05, 0.1) is 38.7 Å². The second-order valence-corrected chi connectivity index (χ2v) is 10.9. The predicted molar refractivity (Wildman–Crippen MR) is 149 cm³/mol. The molecule has 4 atom stereocenters. The molecular formula is C31H21Cl2NO7. The molecule has 0 N–H and O–H groups in total. The number of fused-ring (bicyclic) bond motifs is 5. The van der Waals surface area contributed by atoms with Crippen molar-refractivity contribution in [3.63, 3.8) is 0 Å². The molecular weight excluding hydrogens is 569 g/mol. The number of benzene rings is 3. The number of hydrogen-bond donors (Lipinski definition) is 0. The second-order valence-electron chi connectivity index (χ2n) is 10.1. The third kappa shape index (κ3) is 4.94. The summed E-state index contributed by atoms with van der Waals surface area (Å²) in [5.41, 5.74) is 0.865. The van der Waals surface area contributed by atoms with Crippen LogP contribution in [0.15, 0.2) is 78.9 Å². The zero-order valence-electron chi connectivity index (χ0n) is 21.3. The van der Waals surface area contributed by atoms with Crippen LogP contribution in [-0.2, 0) is 14.3 Å². The van der Waals surface area contributed by atoms with E-state index in [9.17, 15) is 24.0 Å². The van der Waals surface area contributed by atoms with E-state index in [0.717, 1.165) is 6.42 Å². The Labute approximate surface area is 244 Å². The molecule has 0 spiro atoms. The fraction of sp³-hybridized carbons (Fsp3) is 0.194. The van der Waals surface area contributed by atoms with Gasteiger partial charge < -0.3 is 9.47 Å². The highest BCUT2D eigenvalue weighted by atomic mass is 35.5. The molecule has 3 aromatic carbocycles. The lowest BCUT2D eigenvalue weighted by Gasteiger charge is -2.18. The van der Waals surface area contributed by atoms with Gasteiger partial charge in [-0.05, 0) is 78.9 Å². The summed E-state index contributed by atoms with van der Waals surface area (Å²) in [7, 11) is 0. The quantitative estimate of drug-likeness (QED) is 0.117. The minimum Gasteiger partial charge on any atom is -0.454 e.